The summed E-state index contributed by atoms with van der Waals surface area (Å²) in [5, 5.41) is 4.36. The van der Waals surface area contributed by atoms with Crippen LogP contribution in [0.25, 0.3) is 0 Å². The summed E-state index contributed by atoms with van der Waals surface area (Å²) in [7, 11) is -4.87. The Hall–Kier alpha value is -3.22. The van der Waals surface area contributed by atoms with Crippen LogP contribution >= 0.6 is 11.3 Å². The largest absolute Gasteiger partial charge is 0.357 e. The number of rotatable bonds is 8. The van der Waals surface area contributed by atoms with Crippen LogP contribution in [0, 0.1) is 12.3 Å². The number of para-hydroxylation sites is 1. The average Bonchev–Trinajstić information content (AvgIpc) is 3.26. The van der Waals surface area contributed by atoms with Gasteiger partial charge in [-0.25, -0.2) is 8.42 Å². The highest BCUT2D eigenvalue weighted by Gasteiger charge is 2.29. The summed E-state index contributed by atoms with van der Waals surface area (Å²) < 4.78 is 49.9. The molecule has 0 saturated carbocycles. The van der Waals surface area contributed by atoms with Crippen molar-refractivity contribution in [2.24, 2.45) is 0 Å². The van der Waals surface area contributed by atoms with E-state index in [1.54, 1.807) is 29.2 Å². The van der Waals surface area contributed by atoms with Crippen LogP contribution in [0.1, 0.15) is 10.4 Å². The van der Waals surface area contributed by atoms with Crippen molar-refractivity contribution < 1.29 is 22.0 Å². The molecule has 9 heteroatoms. The molecule has 1 N–H and O–H groups in total. The molecule has 0 fully saturated rings. The van der Waals surface area contributed by atoms with Gasteiger partial charge in [-0.1, -0.05) is 30.2 Å². The summed E-state index contributed by atoms with van der Waals surface area (Å²) in [6.07, 6.45) is 5.48. The van der Waals surface area contributed by atoms with Crippen LogP contribution in [-0.4, -0.2) is 26.6 Å². The molecule has 5 nitrogen and oxygen atoms in total. The van der Waals surface area contributed by atoms with Gasteiger partial charge in [-0.3, -0.25) is 4.79 Å². The summed E-state index contributed by atoms with van der Waals surface area (Å²) in [4.78, 5) is 14.9. The van der Waals surface area contributed by atoms with Gasteiger partial charge in [0, 0.05) is 16.1 Å². The number of thiophene rings is 1. The van der Waals surface area contributed by atoms with Gasteiger partial charge >= 0.3 is 5.76 Å². The topological polar surface area (TPSA) is 66.5 Å². The number of terminal acetylenes is 1. The maximum absolute atomic E-state index is 13.0. The Balaban J connectivity index is 1.86. The lowest BCUT2D eigenvalue weighted by Crippen LogP contribution is -2.33. The van der Waals surface area contributed by atoms with Gasteiger partial charge < -0.3 is 10.2 Å². The molecule has 1 amide bonds. The smallest absolute Gasteiger partial charge is 0.341 e. The summed E-state index contributed by atoms with van der Waals surface area (Å²) in [6.45, 7) is 0.269. The summed E-state index contributed by atoms with van der Waals surface area (Å²) in [6, 6.07) is 16.0. The number of alkyl halides is 2. The van der Waals surface area contributed by atoms with Crippen LogP contribution in [0.15, 0.2) is 70.9 Å². The van der Waals surface area contributed by atoms with E-state index in [1.807, 2.05) is 17.5 Å². The first-order valence-corrected chi connectivity index (χ1v) is 11.5. The van der Waals surface area contributed by atoms with Crippen LogP contribution in [0.3, 0.4) is 0 Å². The molecule has 1 aromatic heterocycles. The number of sulfone groups is 1. The van der Waals surface area contributed by atoms with Gasteiger partial charge in [0.1, 0.15) is 0 Å². The fourth-order valence-corrected chi connectivity index (χ4v) is 4.50. The Labute approximate surface area is 183 Å². The number of hydrogen-bond acceptors (Lipinski definition) is 5. The lowest BCUT2D eigenvalue weighted by molar-refractivity contribution is -0.115. The van der Waals surface area contributed by atoms with Crippen molar-refractivity contribution in [3.8, 4) is 12.3 Å². The number of nitrogens with one attached hydrogen (secondary N) is 1. The third-order valence-electron chi connectivity index (χ3n) is 4.34. The Bertz CT molecular complexity index is 1200. The molecular formula is C22H18F2N2O3S2. The molecule has 0 aliphatic carbocycles. The van der Waals surface area contributed by atoms with E-state index < -0.39 is 26.4 Å². The van der Waals surface area contributed by atoms with E-state index >= 15 is 0 Å². The standard InChI is InChI=1S/C22H18F2N2O3S2/c1-2-16-7-5-8-17(13-16)26(14-18-9-6-12-30-18)15-21(27)25-19-10-3-4-11-20(19)31(28,29)22(23)24/h1,3-13,22H,14-15H2,(H,25,27). The average molecular weight is 461 g/mol. The fraction of sp³-hybridized carbons (Fsp3) is 0.136. The van der Waals surface area contributed by atoms with E-state index in [4.69, 9.17) is 6.42 Å². The molecule has 0 bridgehead atoms. The van der Waals surface area contributed by atoms with Crippen LogP contribution in [0.2, 0.25) is 0 Å². The Morgan fingerprint density at radius 3 is 2.58 bits per heavy atom. The molecule has 3 aromatic rings. The molecule has 2 aromatic carbocycles. The van der Waals surface area contributed by atoms with E-state index in [1.165, 1.54) is 29.5 Å². The van der Waals surface area contributed by atoms with Gasteiger partial charge in [-0.2, -0.15) is 8.78 Å². The molecule has 31 heavy (non-hydrogen) atoms. The lowest BCUT2D eigenvalue weighted by atomic mass is 10.2. The van der Waals surface area contributed by atoms with Crippen molar-refractivity contribution in [2.45, 2.75) is 17.2 Å². The molecule has 1 heterocycles. The Morgan fingerprint density at radius 2 is 1.90 bits per heavy atom. The number of anilines is 2. The van der Waals surface area contributed by atoms with Crippen molar-refractivity contribution in [3.63, 3.8) is 0 Å². The molecule has 160 valence electrons. The Kier molecular flexibility index (Phi) is 7.05. The molecule has 3 rings (SSSR count). The van der Waals surface area contributed by atoms with Crippen molar-refractivity contribution in [1.82, 2.24) is 0 Å². The monoisotopic (exact) mass is 460 g/mol. The molecule has 0 unspecified atom stereocenters. The predicted molar refractivity (Wildman–Crippen MR) is 118 cm³/mol. The SMILES string of the molecule is C#Cc1cccc(N(CC(=O)Nc2ccccc2S(=O)(=O)C(F)F)Cc2cccs2)c1. The summed E-state index contributed by atoms with van der Waals surface area (Å²) in [5.74, 6) is -1.60. The second-order valence-corrected chi connectivity index (χ2v) is 9.40. The molecule has 0 saturated heterocycles. The highest BCUT2D eigenvalue weighted by molar-refractivity contribution is 7.91. The normalized spacial score (nSPS) is 11.2. The van der Waals surface area contributed by atoms with Crippen molar-refractivity contribution in [1.29, 1.82) is 0 Å². The highest BCUT2D eigenvalue weighted by atomic mass is 32.2. The fourth-order valence-electron chi connectivity index (χ4n) is 2.90. The summed E-state index contributed by atoms with van der Waals surface area (Å²) in [5.41, 5.74) is 1.15. The van der Waals surface area contributed by atoms with Crippen LogP contribution < -0.4 is 10.2 Å². The summed E-state index contributed by atoms with van der Waals surface area (Å²) >= 11 is 1.52. The number of nitrogens with zero attached hydrogens (tertiary/aromatic N) is 1. The second kappa shape index (κ2) is 9.73. The number of carbonyl (C=O) groups is 1. The van der Waals surface area contributed by atoms with Crippen LogP contribution in [-0.2, 0) is 21.2 Å². The number of hydrogen-bond donors (Lipinski definition) is 1. The van der Waals surface area contributed by atoms with E-state index in [0.29, 0.717) is 17.8 Å². The number of halogens is 2. The first-order valence-electron chi connectivity index (χ1n) is 9.06. The van der Waals surface area contributed by atoms with E-state index in [0.717, 1.165) is 10.9 Å². The second-order valence-electron chi connectivity index (χ2n) is 6.48. The molecule has 0 atom stereocenters. The quantitative estimate of drug-likeness (QED) is 0.507. The van der Waals surface area contributed by atoms with Crippen LogP contribution in [0.5, 0.6) is 0 Å². The molecule has 0 aliphatic heterocycles. The highest BCUT2D eigenvalue weighted by Crippen LogP contribution is 2.26. The van der Waals surface area contributed by atoms with Crippen molar-refractivity contribution >= 4 is 38.5 Å². The van der Waals surface area contributed by atoms with Crippen molar-refractivity contribution in [3.05, 3.63) is 76.5 Å². The van der Waals surface area contributed by atoms with Crippen molar-refractivity contribution in [2.75, 3.05) is 16.8 Å². The minimum absolute atomic E-state index is 0.144. The van der Waals surface area contributed by atoms with Gasteiger partial charge in [0.05, 0.1) is 23.7 Å². The first kappa shape index (κ1) is 22.5. The maximum Gasteiger partial charge on any atom is 0.341 e. The molecule has 0 aliphatic rings. The molecule has 0 spiro atoms. The number of benzene rings is 2. The van der Waals surface area contributed by atoms with Gasteiger partial charge in [0.25, 0.3) is 0 Å². The molecule has 0 radical (unpaired) electrons. The number of carbonyl (C=O) groups excluding carboxylic acids is 1. The van der Waals surface area contributed by atoms with Gasteiger partial charge in [0.2, 0.25) is 15.7 Å². The zero-order valence-electron chi connectivity index (χ0n) is 16.2. The third-order valence-corrected chi connectivity index (χ3v) is 6.64. The van der Waals surface area contributed by atoms with Gasteiger partial charge in [-0.15, -0.1) is 17.8 Å². The van der Waals surface area contributed by atoms with E-state index in [2.05, 4.69) is 11.2 Å². The van der Waals surface area contributed by atoms with E-state index in [9.17, 15) is 22.0 Å². The van der Waals surface area contributed by atoms with E-state index in [-0.39, 0.29) is 12.2 Å². The van der Waals surface area contributed by atoms with Crippen LogP contribution in [0.4, 0.5) is 20.2 Å². The predicted octanol–water partition coefficient (Wildman–Crippen LogP) is 4.37. The lowest BCUT2D eigenvalue weighted by Gasteiger charge is -2.24. The molecular weight excluding hydrogens is 442 g/mol. The zero-order valence-corrected chi connectivity index (χ0v) is 17.8. The third kappa shape index (κ3) is 5.48. The number of amides is 1. The maximum atomic E-state index is 13.0. The Morgan fingerprint density at radius 1 is 1.13 bits per heavy atom. The van der Waals surface area contributed by atoms with Gasteiger partial charge in [0.15, 0.2) is 0 Å². The first-order chi connectivity index (χ1) is 14.8. The minimum Gasteiger partial charge on any atom is -0.357 e. The zero-order chi connectivity index (χ0) is 22.4. The minimum atomic E-state index is -4.87. The van der Waals surface area contributed by atoms with Gasteiger partial charge in [-0.05, 0) is 41.8 Å².